The van der Waals surface area contributed by atoms with Crippen LogP contribution in [0.4, 0.5) is 10.5 Å². The second-order valence-corrected chi connectivity index (χ2v) is 11.2. The maximum absolute atomic E-state index is 12.4. The van der Waals surface area contributed by atoms with Gasteiger partial charge in [0.2, 0.25) is 0 Å². The Morgan fingerprint density at radius 3 is 2.14 bits per heavy atom. The number of carbonyl (C=O) groups excluding carboxylic acids is 2. The first-order chi connectivity index (χ1) is 21.1. The number of amides is 2. The quantitative estimate of drug-likeness (QED) is 0.364. The van der Waals surface area contributed by atoms with E-state index in [0.29, 0.717) is 36.3 Å². The average Bonchev–Trinajstić information content (AvgIpc) is 3.74. The monoisotopic (exact) mass is 649 g/mol. The lowest BCUT2D eigenvalue weighted by atomic mass is 10.1. The molecule has 0 saturated carbocycles. The number of urea groups is 1. The number of methoxy groups -OCH3 is 2. The van der Waals surface area contributed by atoms with Crippen molar-refractivity contribution in [3.63, 3.8) is 0 Å². The number of ether oxygens (including phenoxy) is 4. The first kappa shape index (κ1) is 35.0. The van der Waals surface area contributed by atoms with Gasteiger partial charge in [0.15, 0.2) is 6.29 Å². The van der Waals surface area contributed by atoms with Gasteiger partial charge in [-0.25, -0.2) is 14.6 Å². The number of esters is 1. The number of nitrogens with one attached hydrogen (secondary N) is 1. The molecule has 13 heteroatoms. The molecule has 11 nitrogen and oxygen atoms in total. The lowest BCUT2D eigenvalue weighted by molar-refractivity contribution is -0.144. The zero-order chi connectivity index (χ0) is 32.1. The van der Waals surface area contributed by atoms with Crippen LogP contribution in [0.3, 0.4) is 0 Å². The topological polar surface area (TPSA) is 107 Å². The summed E-state index contributed by atoms with van der Waals surface area (Å²) in [7, 11) is 4.91. The maximum atomic E-state index is 12.4. The van der Waals surface area contributed by atoms with E-state index in [1.807, 2.05) is 62.0 Å². The number of nitrogens with zero attached hydrogens (tertiary/aromatic N) is 4. The molecule has 44 heavy (non-hydrogen) atoms. The summed E-state index contributed by atoms with van der Waals surface area (Å²) in [6, 6.07) is 12.3. The number of rotatable bonds is 6. The van der Waals surface area contributed by atoms with Gasteiger partial charge in [0.05, 0.1) is 38.8 Å². The zero-order valence-electron chi connectivity index (χ0n) is 25.7. The Bertz CT molecular complexity index is 1300. The van der Waals surface area contributed by atoms with Crippen molar-refractivity contribution in [3.8, 4) is 5.75 Å². The first-order valence-electron chi connectivity index (χ1n) is 14.2. The van der Waals surface area contributed by atoms with Gasteiger partial charge in [-0.15, -0.1) is 0 Å². The average molecular weight is 651 g/mol. The van der Waals surface area contributed by atoms with E-state index >= 15 is 0 Å². The van der Waals surface area contributed by atoms with E-state index in [1.54, 1.807) is 36.7 Å². The van der Waals surface area contributed by atoms with E-state index in [2.05, 4.69) is 15.2 Å². The van der Waals surface area contributed by atoms with Gasteiger partial charge in [0.25, 0.3) is 0 Å². The van der Waals surface area contributed by atoms with Crippen molar-refractivity contribution in [2.45, 2.75) is 26.2 Å². The highest BCUT2D eigenvalue weighted by atomic mass is 35.5. The fourth-order valence-corrected chi connectivity index (χ4v) is 4.86. The Kier molecular flexibility index (Phi) is 14.1. The van der Waals surface area contributed by atoms with Gasteiger partial charge in [-0.2, -0.15) is 0 Å². The van der Waals surface area contributed by atoms with Crippen molar-refractivity contribution in [1.82, 2.24) is 19.8 Å². The van der Waals surface area contributed by atoms with E-state index in [1.165, 1.54) is 7.11 Å². The number of hydrogen-bond donors (Lipinski definition) is 1. The number of hydrogen-bond acceptors (Lipinski definition) is 8. The molecule has 0 bridgehead atoms. The van der Waals surface area contributed by atoms with Crippen molar-refractivity contribution in [2.75, 3.05) is 58.5 Å². The molecule has 2 fully saturated rings. The lowest BCUT2D eigenvalue weighted by Crippen LogP contribution is -2.55. The maximum Gasteiger partial charge on any atom is 0.328 e. The minimum absolute atomic E-state index is 0.0306. The van der Waals surface area contributed by atoms with Crippen molar-refractivity contribution in [3.05, 3.63) is 76.8 Å². The second kappa shape index (κ2) is 17.7. The zero-order valence-corrected chi connectivity index (χ0v) is 27.3. The van der Waals surface area contributed by atoms with Crippen LogP contribution in [0.2, 0.25) is 10.0 Å². The third-order valence-electron chi connectivity index (χ3n) is 6.88. The number of aromatic nitrogens is 2. The van der Waals surface area contributed by atoms with Gasteiger partial charge >= 0.3 is 12.0 Å². The minimum Gasteiger partial charge on any atom is -0.497 e. The summed E-state index contributed by atoms with van der Waals surface area (Å²) < 4.78 is 22.4. The van der Waals surface area contributed by atoms with E-state index in [0.717, 1.165) is 30.1 Å². The van der Waals surface area contributed by atoms with Crippen LogP contribution in [0, 0.1) is 5.92 Å². The molecule has 1 N–H and O–H groups in total. The normalized spacial score (nSPS) is 15.5. The van der Waals surface area contributed by atoms with Crippen LogP contribution in [0.1, 0.15) is 25.7 Å². The molecule has 2 amide bonds. The first-order valence-corrected chi connectivity index (χ1v) is 15.0. The molecule has 1 atom stereocenters. The molecule has 240 valence electrons. The molecule has 2 saturated heterocycles. The molecule has 1 aromatic heterocycles. The lowest BCUT2D eigenvalue weighted by Gasteiger charge is -2.36. The summed E-state index contributed by atoms with van der Waals surface area (Å²) in [5.74, 6) is 0.376. The molecule has 3 heterocycles. The number of piperazine rings is 1. The van der Waals surface area contributed by atoms with Gasteiger partial charge in [0.1, 0.15) is 11.8 Å². The standard InChI is InChI=1S/C18H27N3O4.C9H8Cl2O2.C4H6N2/c1-13(2)16(17(22)25-4)19-18(23)21-11-9-20(10-12-21)14-5-7-15(24-3)8-6-14;10-6-1-2-7(8(11)5-6)9-12-3-4-13-9;1-6-3-2-5-4-6/h5-8,13,16H,9-12H2,1-4H3,(H,19,23);1-2,5,9H,3-4H2;2-4H,1H3. The van der Waals surface area contributed by atoms with Crippen LogP contribution in [-0.4, -0.2) is 86.1 Å². The third kappa shape index (κ3) is 10.6. The molecular weight excluding hydrogens is 609 g/mol. The summed E-state index contributed by atoms with van der Waals surface area (Å²) in [5, 5.41) is 3.98. The number of halogens is 2. The highest BCUT2D eigenvalue weighted by Crippen LogP contribution is 2.31. The fourth-order valence-electron chi connectivity index (χ4n) is 4.37. The summed E-state index contributed by atoms with van der Waals surface area (Å²) in [4.78, 5) is 32.0. The molecule has 1 unspecified atom stereocenters. The number of imidazole rings is 1. The molecule has 2 aromatic carbocycles. The van der Waals surface area contributed by atoms with E-state index < -0.39 is 12.0 Å². The number of aryl methyl sites for hydroxylation is 1. The van der Waals surface area contributed by atoms with Crippen LogP contribution in [0.5, 0.6) is 5.75 Å². The summed E-state index contributed by atoms with van der Waals surface area (Å²) in [5.41, 5.74) is 1.94. The van der Waals surface area contributed by atoms with E-state index in [9.17, 15) is 9.59 Å². The van der Waals surface area contributed by atoms with E-state index in [-0.39, 0.29) is 18.2 Å². The molecule has 2 aliphatic rings. The van der Waals surface area contributed by atoms with Crippen molar-refractivity contribution in [1.29, 1.82) is 0 Å². The van der Waals surface area contributed by atoms with Crippen molar-refractivity contribution in [2.24, 2.45) is 13.0 Å². The molecule has 3 aromatic rings. The Morgan fingerprint density at radius 1 is 1.00 bits per heavy atom. The minimum atomic E-state index is -0.628. The van der Waals surface area contributed by atoms with Crippen LogP contribution in [0.15, 0.2) is 61.2 Å². The highest BCUT2D eigenvalue weighted by Gasteiger charge is 2.29. The van der Waals surface area contributed by atoms with Crippen LogP contribution in [0.25, 0.3) is 0 Å². The van der Waals surface area contributed by atoms with Gasteiger partial charge < -0.3 is 38.6 Å². The molecule has 0 radical (unpaired) electrons. The predicted octanol–water partition coefficient (Wildman–Crippen LogP) is 5.18. The summed E-state index contributed by atoms with van der Waals surface area (Å²) in [6.07, 6.45) is 5.06. The van der Waals surface area contributed by atoms with Crippen molar-refractivity contribution < 1.29 is 28.5 Å². The van der Waals surface area contributed by atoms with E-state index in [4.69, 9.17) is 42.1 Å². The van der Waals surface area contributed by atoms with Gasteiger partial charge in [-0.05, 0) is 42.3 Å². The molecule has 2 aliphatic heterocycles. The number of anilines is 1. The van der Waals surface area contributed by atoms with Gasteiger partial charge in [-0.3, -0.25) is 0 Å². The third-order valence-corrected chi connectivity index (χ3v) is 7.44. The van der Waals surface area contributed by atoms with Crippen LogP contribution < -0.4 is 15.0 Å². The Balaban J connectivity index is 0.000000227. The molecular formula is C31H41Cl2N5O6. The predicted molar refractivity (Wildman–Crippen MR) is 170 cm³/mol. The number of benzene rings is 2. The van der Waals surface area contributed by atoms with Crippen LogP contribution in [-0.2, 0) is 26.1 Å². The highest BCUT2D eigenvalue weighted by molar-refractivity contribution is 6.35. The van der Waals surface area contributed by atoms with Crippen LogP contribution >= 0.6 is 23.2 Å². The SMILES string of the molecule is COC(=O)C(NC(=O)N1CCN(c2ccc(OC)cc2)CC1)C(C)C.Clc1ccc(C2OCCO2)c(Cl)c1.Cn1ccnc1. The fraction of sp³-hybridized carbons (Fsp3) is 0.452. The molecule has 5 rings (SSSR count). The smallest absolute Gasteiger partial charge is 0.328 e. The van der Waals surface area contributed by atoms with Gasteiger partial charge in [0, 0.05) is 61.9 Å². The summed E-state index contributed by atoms with van der Waals surface area (Å²) >= 11 is 11.7. The van der Waals surface area contributed by atoms with Gasteiger partial charge in [-0.1, -0.05) is 43.1 Å². The Morgan fingerprint density at radius 2 is 1.66 bits per heavy atom. The number of carbonyl (C=O) groups is 2. The molecule has 0 spiro atoms. The molecule has 0 aliphatic carbocycles. The Hall–Kier alpha value is -3.51. The summed E-state index contributed by atoms with van der Waals surface area (Å²) in [6.45, 7) is 7.67. The second-order valence-electron chi connectivity index (χ2n) is 10.3. The Labute approximate surface area is 268 Å². The van der Waals surface area contributed by atoms with Crippen molar-refractivity contribution >= 4 is 40.9 Å². The largest absolute Gasteiger partial charge is 0.497 e.